The van der Waals surface area contributed by atoms with Gasteiger partial charge < -0.3 is 14.5 Å². The maximum atomic E-state index is 11.9. The van der Waals surface area contributed by atoms with Crippen LogP contribution in [-0.2, 0) is 9.53 Å². The molecule has 1 atom stereocenters. The Kier molecular flexibility index (Phi) is 4.35. The van der Waals surface area contributed by atoms with Crippen molar-refractivity contribution in [2.45, 2.75) is 12.5 Å². The summed E-state index contributed by atoms with van der Waals surface area (Å²) in [6.07, 6.45) is 1.51. The maximum Gasteiger partial charge on any atom is 0.307 e. The highest BCUT2D eigenvalue weighted by atomic mass is 32.1. The smallest absolute Gasteiger partial charge is 0.307 e. The number of esters is 1. The fourth-order valence-corrected chi connectivity index (χ4v) is 2.38. The fraction of sp³-hybridized carbons (Fsp3) is 0.231. The number of carbonyl (C=O) groups is 2. The molecule has 0 aliphatic rings. The van der Waals surface area contributed by atoms with Crippen LogP contribution in [0.15, 0.2) is 40.3 Å². The first kappa shape index (κ1) is 13.4. The third-order valence-electron chi connectivity index (χ3n) is 2.54. The molecule has 1 N–H and O–H groups in total. The van der Waals surface area contributed by atoms with E-state index in [4.69, 9.17) is 4.42 Å². The normalized spacial score (nSPS) is 11.8. The van der Waals surface area contributed by atoms with Gasteiger partial charge in [-0.2, -0.15) is 0 Å². The lowest BCUT2D eigenvalue weighted by Crippen LogP contribution is -2.29. The second-order valence-electron chi connectivity index (χ2n) is 3.80. The van der Waals surface area contributed by atoms with Crippen LogP contribution in [0.4, 0.5) is 0 Å². The molecule has 0 saturated heterocycles. The van der Waals surface area contributed by atoms with Crippen molar-refractivity contribution in [1.82, 2.24) is 5.32 Å². The SMILES string of the molecule is COC(=O)CC(NC(=O)c1ccco1)c1cccs1. The molecular weight excluding hydrogens is 266 g/mol. The summed E-state index contributed by atoms with van der Waals surface area (Å²) >= 11 is 1.47. The Hall–Kier alpha value is -2.08. The van der Waals surface area contributed by atoms with Crippen molar-refractivity contribution < 1.29 is 18.7 Å². The highest BCUT2D eigenvalue weighted by molar-refractivity contribution is 7.10. The third kappa shape index (κ3) is 3.45. The molecule has 0 aromatic carbocycles. The zero-order valence-corrected chi connectivity index (χ0v) is 11.1. The van der Waals surface area contributed by atoms with Crippen molar-refractivity contribution in [1.29, 1.82) is 0 Å². The van der Waals surface area contributed by atoms with Gasteiger partial charge in [-0.15, -0.1) is 11.3 Å². The Labute approximate surface area is 114 Å². The predicted octanol–water partition coefficient (Wildman–Crippen LogP) is 2.38. The molecule has 2 rings (SSSR count). The highest BCUT2D eigenvalue weighted by Gasteiger charge is 2.21. The Balaban J connectivity index is 2.10. The monoisotopic (exact) mass is 279 g/mol. The second-order valence-corrected chi connectivity index (χ2v) is 4.78. The van der Waals surface area contributed by atoms with Crippen molar-refractivity contribution in [3.05, 3.63) is 46.5 Å². The number of furan rings is 1. The summed E-state index contributed by atoms with van der Waals surface area (Å²) in [4.78, 5) is 24.2. The molecule has 6 heteroatoms. The first-order chi connectivity index (χ1) is 9.20. The van der Waals surface area contributed by atoms with E-state index in [1.54, 1.807) is 12.1 Å². The summed E-state index contributed by atoms with van der Waals surface area (Å²) in [5.41, 5.74) is 0. The fourth-order valence-electron chi connectivity index (χ4n) is 1.60. The van der Waals surface area contributed by atoms with Crippen LogP contribution in [0, 0.1) is 0 Å². The van der Waals surface area contributed by atoms with E-state index in [9.17, 15) is 9.59 Å². The zero-order valence-electron chi connectivity index (χ0n) is 10.3. The number of hydrogen-bond donors (Lipinski definition) is 1. The van der Waals surface area contributed by atoms with E-state index >= 15 is 0 Å². The lowest BCUT2D eigenvalue weighted by atomic mass is 10.1. The minimum absolute atomic E-state index is 0.0868. The third-order valence-corrected chi connectivity index (χ3v) is 3.52. The molecule has 0 bridgehead atoms. The minimum atomic E-state index is -0.412. The molecule has 2 aromatic rings. The van der Waals surface area contributed by atoms with Gasteiger partial charge >= 0.3 is 5.97 Å². The molecule has 19 heavy (non-hydrogen) atoms. The van der Waals surface area contributed by atoms with E-state index in [0.29, 0.717) is 0 Å². The van der Waals surface area contributed by atoms with Crippen molar-refractivity contribution >= 4 is 23.2 Å². The highest BCUT2D eigenvalue weighted by Crippen LogP contribution is 2.23. The molecule has 5 nitrogen and oxygen atoms in total. The van der Waals surface area contributed by atoms with Crippen molar-refractivity contribution in [2.24, 2.45) is 0 Å². The van der Waals surface area contributed by atoms with Crippen LogP contribution in [0.25, 0.3) is 0 Å². The molecule has 1 unspecified atom stereocenters. The van der Waals surface area contributed by atoms with Gasteiger partial charge in [0.25, 0.3) is 5.91 Å². The number of nitrogens with one attached hydrogen (secondary N) is 1. The van der Waals surface area contributed by atoms with Gasteiger partial charge in [-0.25, -0.2) is 0 Å². The van der Waals surface area contributed by atoms with E-state index in [2.05, 4.69) is 10.1 Å². The maximum absolute atomic E-state index is 11.9. The summed E-state index contributed by atoms with van der Waals surface area (Å²) in [5, 5.41) is 4.65. The number of ether oxygens (including phenoxy) is 1. The Morgan fingerprint density at radius 3 is 2.84 bits per heavy atom. The van der Waals surface area contributed by atoms with Gasteiger partial charge in [0.15, 0.2) is 5.76 Å². The predicted molar refractivity (Wildman–Crippen MR) is 69.9 cm³/mol. The number of thiophene rings is 1. The molecule has 100 valence electrons. The van der Waals surface area contributed by atoms with Crippen LogP contribution in [0.1, 0.15) is 27.9 Å². The van der Waals surface area contributed by atoms with Crippen molar-refractivity contribution in [3.63, 3.8) is 0 Å². The molecule has 1 amide bonds. The topological polar surface area (TPSA) is 68.5 Å². The molecule has 0 fully saturated rings. The summed E-state index contributed by atoms with van der Waals surface area (Å²) < 4.78 is 9.66. The van der Waals surface area contributed by atoms with Crippen LogP contribution < -0.4 is 5.32 Å². The summed E-state index contributed by atoms with van der Waals surface area (Å²) in [6, 6.07) is 6.52. The number of rotatable bonds is 5. The molecule has 2 aromatic heterocycles. The van der Waals surface area contributed by atoms with E-state index in [1.807, 2.05) is 17.5 Å². The largest absolute Gasteiger partial charge is 0.469 e. The molecule has 0 saturated carbocycles. The van der Waals surface area contributed by atoms with Crippen LogP contribution in [-0.4, -0.2) is 19.0 Å². The molecule has 2 heterocycles. The second kappa shape index (κ2) is 6.19. The van der Waals surface area contributed by atoms with Crippen LogP contribution >= 0.6 is 11.3 Å². The lowest BCUT2D eigenvalue weighted by molar-refractivity contribution is -0.141. The average molecular weight is 279 g/mol. The standard InChI is InChI=1S/C13H13NO4S/c1-17-12(15)8-9(11-5-3-7-19-11)14-13(16)10-4-2-6-18-10/h2-7,9H,8H2,1H3,(H,14,16). The number of carbonyl (C=O) groups excluding carboxylic acids is 2. The van der Waals surface area contributed by atoms with Crippen LogP contribution in [0.2, 0.25) is 0 Å². The number of methoxy groups -OCH3 is 1. The van der Waals surface area contributed by atoms with Crippen molar-refractivity contribution in [2.75, 3.05) is 7.11 Å². The van der Waals surface area contributed by atoms with E-state index in [1.165, 1.54) is 24.7 Å². The van der Waals surface area contributed by atoms with E-state index in [-0.39, 0.29) is 24.1 Å². The van der Waals surface area contributed by atoms with E-state index in [0.717, 1.165) is 4.88 Å². The number of hydrogen-bond acceptors (Lipinski definition) is 5. The van der Waals surface area contributed by atoms with E-state index < -0.39 is 6.04 Å². The number of amides is 1. The van der Waals surface area contributed by atoms with Gasteiger partial charge in [-0.1, -0.05) is 6.07 Å². The molecule has 0 radical (unpaired) electrons. The van der Waals surface area contributed by atoms with Crippen LogP contribution in [0.5, 0.6) is 0 Å². The minimum Gasteiger partial charge on any atom is -0.469 e. The van der Waals surface area contributed by atoms with Gasteiger partial charge in [-0.05, 0) is 23.6 Å². The lowest BCUT2D eigenvalue weighted by Gasteiger charge is -2.15. The van der Waals surface area contributed by atoms with Crippen LogP contribution in [0.3, 0.4) is 0 Å². The van der Waals surface area contributed by atoms with Gasteiger partial charge in [0, 0.05) is 4.88 Å². The Bertz CT molecular complexity index is 533. The molecule has 0 spiro atoms. The van der Waals surface area contributed by atoms with Crippen molar-refractivity contribution in [3.8, 4) is 0 Å². The molecule has 0 aliphatic heterocycles. The van der Waals surface area contributed by atoms with Gasteiger partial charge in [0.1, 0.15) is 0 Å². The molecular formula is C13H13NO4S. The average Bonchev–Trinajstić information content (AvgIpc) is 3.10. The Morgan fingerprint density at radius 1 is 1.42 bits per heavy atom. The summed E-state index contributed by atoms with van der Waals surface area (Å²) in [5.74, 6) is -0.517. The summed E-state index contributed by atoms with van der Waals surface area (Å²) in [6.45, 7) is 0. The first-order valence-electron chi connectivity index (χ1n) is 5.65. The Morgan fingerprint density at radius 2 is 2.26 bits per heavy atom. The summed E-state index contributed by atoms with van der Waals surface area (Å²) in [7, 11) is 1.32. The first-order valence-corrected chi connectivity index (χ1v) is 6.53. The zero-order chi connectivity index (χ0) is 13.7. The van der Waals surface area contributed by atoms with Gasteiger partial charge in [0.2, 0.25) is 0 Å². The quantitative estimate of drug-likeness (QED) is 0.853. The van der Waals surface area contributed by atoms with Gasteiger partial charge in [0.05, 0.1) is 25.8 Å². The molecule has 0 aliphatic carbocycles. The van der Waals surface area contributed by atoms with Gasteiger partial charge in [-0.3, -0.25) is 9.59 Å².